The summed E-state index contributed by atoms with van der Waals surface area (Å²) in [6.07, 6.45) is 5.97. The molecule has 312 valence electrons. The number of carboxylic acid groups (broad SMARTS) is 1. The molecule has 0 radical (unpaired) electrons. The molecule has 6 aliphatic carbocycles. The molecule has 4 bridgehead atoms. The smallest absolute Gasteiger partial charge is 0.309 e. The number of hydrogen-bond acceptors (Lipinski definition) is 5. The van der Waals surface area contributed by atoms with E-state index < -0.39 is 16.8 Å². The topological polar surface area (TPSA) is 127 Å². The number of carbonyl (C=O) groups excluding carboxylic acids is 3. The Bertz CT molecular complexity index is 2250. The molecule has 4 aromatic carbocycles. The number of ketones is 2. The highest BCUT2D eigenvalue weighted by Gasteiger charge is 2.75. The Morgan fingerprint density at radius 2 is 0.983 bits per heavy atom. The van der Waals surface area contributed by atoms with Crippen LogP contribution in [0.25, 0.3) is 0 Å². The molecular weight excluding hydrogens is 840 g/mol. The van der Waals surface area contributed by atoms with Gasteiger partial charge in [0.25, 0.3) is 0 Å². The van der Waals surface area contributed by atoms with Gasteiger partial charge < -0.3 is 16.2 Å². The number of anilines is 2. The standard InChI is InChI=1S/C23H22Cl2FNO2.C17H18Cl2O3.C6H6FN/c1-21(2,20(29)27-16-6-4-15(26)5-7-16)23-11-22(12-23,13-23)10-19(28)14-3-8-17(24)18(25)9-14;1-15(2,14(21)22)17-7-16(8-17,9-17)6-13(20)10-3-4-11(18)12(19)5-10;7-5-1-3-6(8)4-2-5/h3-9H,10-13H2,1-2H3,(H,27,29);3-5H,6-9H2,1-2H3,(H,21,22);1-4H,8H2. The summed E-state index contributed by atoms with van der Waals surface area (Å²) < 4.78 is 25.1. The highest BCUT2D eigenvalue weighted by Crippen LogP contribution is 2.81. The van der Waals surface area contributed by atoms with Crippen molar-refractivity contribution in [3.63, 3.8) is 0 Å². The van der Waals surface area contributed by atoms with E-state index in [0.717, 1.165) is 38.5 Å². The van der Waals surface area contributed by atoms with Crippen LogP contribution in [0.4, 0.5) is 20.2 Å². The molecule has 0 aromatic heterocycles. The summed E-state index contributed by atoms with van der Waals surface area (Å²) in [5.74, 6) is -1.30. The van der Waals surface area contributed by atoms with Gasteiger partial charge >= 0.3 is 5.97 Å². The van der Waals surface area contributed by atoms with Crippen LogP contribution in [-0.2, 0) is 9.59 Å². The van der Waals surface area contributed by atoms with Crippen LogP contribution in [0.5, 0.6) is 0 Å². The summed E-state index contributed by atoms with van der Waals surface area (Å²) in [6, 6.07) is 21.4. The second kappa shape index (κ2) is 16.1. The molecule has 7 nitrogen and oxygen atoms in total. The number of halogens is 6. The lowest BCUT2D eigenvalue weighted by atomic mass is 9.28. The average molecular weight is 887 g/mol. The van der Waals surface area contributed by atoms with Crippen LogP contribution in [0.15, 0.2) is 84.9 Å². The predicted octanol–water partition coefficient (Wildman–Crippen LogP) is 12.8. The van der Waals surface area contributed by atoms with Crippen molar-refractivity contribution in [3.8, 4) is 0 Å². The molecule has 59 heavy (non-hydrogen) atoms. The molecule has 0 saturated heterocycles. The minimum Gasteiger partial charge on any atom is -0.481 e. The second-order valence-electron chi connectivity index (χ2n) is 18.1. The second-order valence-corrected chi connectivity index (χ2v) is 19.8. The molecule has 4 aromatic rings. The first-order valence-electron chi connectivity index (χ1n) is 19.2. The maximum atomic E-state index is 13.1. The minimum atomic E-state index is -0.753. The largest absolute Gasteiger partial charge is 0.481 e. The van der Waals surface area contributed by atoms with E-state index in [9.17, 15) is 33.1 Å². The number of Topliss-reactive ketones (excluding diaryl/α,β-unsaturated/α-hetero) is 2. The van der Waals surface area contributed by atoms with E-state index >= 15 is 0 Å². The Labute approximate surface area is 362 Å². The minimum absolute atomic E-state index is 0.00405. The van der Waals surface area contributed by atoms with Crippen LogP contribution in [0.2, 0.25) is 20.1 Å². The van der Waals surface area contributed by atoms with Crippen molar-refractivity contribution in [1.29, 1.82) is 0 Å². The Morgan fingerprint density at radius 3 is 1.34 bits per heavy atom. The van der Waals surface area contributed by atoms with E-state index in [4.69, 9.17) is 52.1 Å². The number of nitrogen functional groups attached to an aromatic ring is 1. The molecule has 13 heteroatoms. The quantitative estimate of drug-likeness (QED) is 0.102. The number of hydrogen-bond donors (Lipinski definition) is 3. The van der Waals surface area contributed by atoms with E-state index in [2.05, 4.69) is 5.32 Å². The summed E-state index contributed by atoms with van der Waals surface area (Å²) in [6.45, 7) is 7.49. The van der Waals surface area contributed by atoms with Crippen LogP contribution in [0.3, 0.4) is 0 Å². The third kappa shape index (κ3) is 8.63. The van der Waals surface area contributed by atoms with Gasteiger partial charge in [0.05, 0.1) is 25.5 Å². The van der Waals surface area contributed by atoms with Gasteiger partial charge in [-0.25, -0.2) is 8.78 Å². The summed E-state index contributed by atoms with van der Waals surface area (Å²) >= 11 is 23.8. The first-order valence-corrected chi connectivity index (χ1v) is 20.8. The fourth-order valence-corrected chi connectivity index (χ4v) is 10.3. The number of nitrogens with two attached hydrogens (primary N) is 1. The van der Waals surface area contributed by atoms with Gasteiger partial charge in [0.2, 0.25) is 5.91 Å². The van der Waals surface area contributed by atoms with Crippen LogP contribution in [0.1, 0.15) is 99.8 Å². The van der Waals surface area contributed by atoms with Crippen molar-refractivity contribution in [3.05, 3.63) is 128 Å². The van der Waals surface area contributed by atoms with E-state index in [0.29, 0.717) is 55.4 Å². The van der Waals surface area contributed by atoms with Gasteiger partial charge in [0, 0.05) is 40.8 Å². The van der Waals surface area contributed by atoms with Crippen molar-refractivity contribution in [2.75, 3.05) is 11.1 Å². The molecule has 1 amide bonds. The molecule has 6 saturated carbocycles. The molecule has 0 atom stereocenters. The lowest BCUT2D eigenvalue weighted by Gasteiger charge is -2.75. The first-order chi connectivity index (χ1) is 27.5. The summed E-state index contributed by atoms with van der Waals surface area (Å²) in [7, 11) is 0. The van der Waals surface area contributed by atoms with Crippen LogP contribution in [-0.4, -0.2) is 28.5 Å². The number of nitrogens with one attached hydrogen (secondary N) is 1. The normalized spacial score (nSPS) is 24.5. The molecule has 0 heterocycles. The van der Waals surface area contributed by atoms with Gasteiger partial charge in [-0.3, -0.25) is 19.2 Å². The van der Waals surface area contributed by atoms with Gasteiger partial charge in [-0.15, -0.1) is 0 Å². The Balaban J connectivity index is 0.000000171. The zero-order chi connectivity index (χ0) is 43.3. The van der Waals surface area contributed by atoms with Crippen molar-refractivity contribution >= 4 is 81.2 Å². The first kappa shape index (κ1) is 44.5. The van der Waals surface area contributed by atoms with Gasteiger partial charge in [-0.2, -0.15) is 0 Å². The number of benzene rings is 4. The summed E-state index contributed by atoms with van der Waals surface area (Å²) in [5.41, 5.74) is 6.05. The van der Waals surface area contributed by atoms with E-state index in [1.54, 1.807) is 62.4 Å². The van der Waals surface area contributed by atoms with Gasteiger partial charge in [-0.05, 0) is 159 Å². The van der Waals surface area contributed by atoms with Crippen molar-refractivity contribution in [1.82, 2.24) is 0 Å². The van der Waals surface area contributed by atoms with Crippen molar-refractivity contribution in [2.24, 2.45) is 32.5 Å². The van der Waals surface area contributed by atoms with Crippen LogP contribution in [0, 0.1) is 44.1 Å². The molecule has 0 spiro atoms. The molecule has 6 fully saturated rings. The Hall–Kier alpha value is -4.02. The molecule has 10 rings (SSSR count). The van der Waals surface area contributed by atoms with Crippen molar-refractivity contribution < 1.29 is 33.1 Å². The van der Waals surface area contributed by atoms with Crippen LogP contribution >= 0.6 is 46.4 Å². The number of carbonyl (C=O) groups is 4. The van der Waals surface area contributed by atoms with E-state index in [1.807, 2.05) is 13.8 Å². The average Bonchev–Trinajstić information content (AvgIpc) is 3.11. The number of rotatable bonds is 11. The van der Waals surface area contributed by atoms with E-state index in [1.165, 1.54) is 36.4 Å². The summed E-state index contributed by atoms with van der Waals surface area (Å²) in [5, 5.41) is 13.9. The molecule has 4 N–H and O–H groups in total. The molecule has 0 aliphatic heterocycles. The van der Waals surface area contributed by atoms with Crippen molar-refractivity contribution in [2.45, 2.75) is 79.1 Å². The van der Waals surface area contributed by atoms with Crippen LogP contribution < -0.4 is 11.1 Å². The van der Waals surface area contributed by atoms with Gasteiger partial charge in [0.15, 0.2) is 11.6 Å². The predicted molar refractivity (Wildman–Crippen MR) is 229 cm³/mol. The highest BCUT2D eigenvalue weighted by atomic mass is 35.5. The summed E-state index contributed by atoms with van der Waals surface area (Å²) in [4.78, 5) is 49.4. The molecular formula is C46H46Cl4F2N2O5. The molecule has 0 unspecified atom stereocenters. The number of amides is 1. The monoisotopic (exact) mass is 884 g/mol. The highest BCUT2D eigenvalue weighted by molar-refractivity contribution is 6.42. The third-order valence-corrected chi connectivity index (χ3v) is 15.0. The number of carboxylic acids is 1. The maximum absolute atomic E-state index is 13.1. The maximum Gasteiger partial charge on any atom is 0.309 e. The Morgan fingerprint density at radius 1 is 0.610 bits per heavy atom. The number of aliphatic carboxylic acids is 1. The third-order valence-electron chi connectivity index (χ3n) is 13.6. The lowest BCUT2D eigenvalue weighted by Crippen LogP contribution is -2.70. The zero-order valence-electron chi connectivity index (χ0n) is 33.2. The fraction of sp³-hybridized carbons (Fsp3) is 0.391. The fourth-order valence-electron chi connectivity index (χ4n) is 9.67. The zero-order valence-corrected chi connectivity index (χ0v) is 36.2. The molecule has 6 aliphatic rings. The SMILES string of the molecule is CC(C)(C(=O)Nc1ccc(F)cc1)C12CC(CC(=O)c3ccc(Cl)c(Cl)c3)(C1)C2.CC(C)(C(=O)O)C12CC(CC(=O)c3ccc(Cl)c(Cl)c3)(C1)C2.Nc1ccc(F)cc1. The van der Waals surface area contributed by atoms with Gasteiger partial charge in [-0.1, -0.05) is 60.3 Å². The van der Waals surface area contributed by atoms with Gasteiger partial charge in [0.1, 0.15) is 11.6 Å². The van der Waals surface area contributed by atoms with E-state index in [-0.39, 0.29) is 50.8 Å². The lowest BCUT2D eigenvalue weighted by molar-refractivity contribution is -0.260. The Kier molecular flexibility index (Phi) is 12.2.